The molecular formula is C22H24Cl2N2O4. The van der Waals surface area contributed by atoms with Crippen molar-refractivity contribution in [3.05, 3.63) is 63.6 Å². The number of piperazine rings is 1. The molecule has 0 bridgehead atoms. The van der Waals surface area contributed by atoms with E-state index < -0.39 is 12.6 Å². The van der Waals surface area contributed by atoms with Crippen molar-refractivity contribution in [3.63, 3.8) is 0 Å². The maximum Gasteiger partial charge on any atom is 0.341 e. The van der Waals surface area contributed by atoms with E-state index in [9.17, 15) is 9.59 Å². The van der Waals surface area contributed by atoms with Crippen molar-refractivity contribution in [3.8, 4) is 5.75 Å². The number of carboxylic acid groups (broad SMARTS) is 1. The van der Waals surface area contributed by atoms with Crippen molar-refractivity contribution in [2.45, 2.75) is 25.9 Å². The fourth-order valence-corrected chi connectivity index (χ4v) is 4.07. The van der Waals surface area contributed by atoms with Crippen LogP contribution in [0.5, 0.6) is 5.75 Å². The van der Waals surface area contributed by atoms with E-state index >= 15 is 0 Å². The van der Waals surface area contributed by atoms with Crippen LogP contribution in [0.2, 0.25) is 10.0 Å². The van der Waals surface area contributed by atoms with Crippen molar-refractivity contribution in [1.82, 2.24) is 9.80 Å². The van der Waals surface area contributed by atoms with Gasteiger partial charge in [0.25, 0.3) is 0 Å². The maximum atomic E-state index is 12.8. The molecule has 6 nitrogen and oxygen atoms in total. The van der Waals surface area contributed by atoms with E-state index in [1.165, 1.54) is 0 Å². The van der Waals surface area contributed by atoms with E-state index in [0.717, 1.165) is 11.1 Å². The lowest BCUT2D eigenvalue weighted by Gasteiger charge is -2.40. The molecule has 2 aromatic carbocycles. The molecule has 1 amide bonds. The normalized spacial score (nSPS) is 17.0. The SMILES string of the molecule is C[C@H]1CN(Cc2cc(Cl)ccc2OCC(=O)O)CCN1C(=O)Cc1cccc(Cl)c1. The van der Waals surface area contributed by atoms with E-state index in [4.69, 9.17) is 33.0 Å². The number of carboxylic acids is 1. The average Bonchev–Trinajstić information content (AvgIpc) is 2.67. The number of ether oxygens (including phenoxy) is 1. The summed E-state index contributed by atoms with van der Waals surface area (Å²) in [6.07, 6.45) is 0.326. The predicted octanol–water partition coefficient (Wildman–Crippen LogP) is 3.73. The first-order valence-corrected chi connectivity index (χ1v) is 10.5. The molecule has 8 heteroatoms. The predicted molar refractivity (Wildman–Crippen MR) is 116 cm³/mol. The van der Waals surface area contributed by atoms with Crippen LogP contribution < -0.4 is 4.74 Å². The van der Waals surface area contributed by atoms with E-state index in [1.54, 1.807) is 24.3 Å². The highest BCUT2D eigenvalue weighted by Gasteiger charge is 2.28. The molecule has 2 aromatic rings. The van der Waals surface area contributed by atoms with E-state index in [1.807, 2.05) is 30.0 Å². The lowest BCUT2D eigenvalue weighted by Crippen LogP contribution is -2.54. The molecular weight excluding hydrogens is 427 g/mol. The lowest BCUT2D eigenvalue weighted by atomic mass is 10.1. The molecule has 1 aliphatic rings. The van der Waals surface area contributed by atoms with E-state index in [-0.39, 0.29) is 11.9 Å². The molecule has 160 valence electrons. The number of nitrogens with zero attached hydrogens (tertiary/aromatic N) is 2. The van der Waals surface area contributed by atoms with Crippen molar-refractivity contribution < 1.29 is 19.4 Å². The molecule has 1 heterocycles. The molecule has 0 saturated carbocycles. The number of aliphatic carboxylic acids is 1. The third-order valence-corrected chi connectivity index (χ3v) is 5.51. The second-order valence-corrected chi connectivity index (χ2v) is 8.29. The average molecular weight is 451 g/mol. The number of carbonyl (C=O) groups is 2. The number of hydrogen-bond donors (Lipinski definition) is 1. The van der Waals surface area contributed by atoms with Crippen molar-refractivity contribution in [1.29, 1.82) is 0 Å². The Morgan fingerprint density at radius 2 is 1.90 bits per heavy atom. The summed E-state index contributed by atoms with van der Waals surface area (Å²) >= 11 is 12.1. The minimum absolute atomic E-state index is 0.0491. The first kappa shape index (κ1) is 22.4. The molecule has 1 aliphatic heterocycles. The summed E-state index contributed by atoms with van der Waals surface area (Å²) in [7, 11) is 0. The largest absolute Gasteiger partial charge is 0.482 e. The van der Waals surface area contributed by atoms with Gasteiger partial charge in [-0.25, -0.2) is 4.79 Å². The van der Waals surface area contributed by atoms with Gasteiger partial charge in [-0.2, -0.15) is 0 Å². The Bertz CT molecular complexity index is 922. The molecule has 1 atom stereocenters. The highest BCUT2D eigenvalue weighted by atomic mass is 35.5. The summed E-state index contributed by atoms with van der Waals surface area (Å²) in [6, 6.07) is 12.6. The van der Waals surface area contributed by atoms with Crippen LogP contribution in [0.4, 0.5) is 0 Å². The number of hydrogen-bond acceptors (Lipinski definition) is 4. The van der Waals surface area contributed by atoms with Gasteiger partial charge >= 0.3 is 5.97 Å². The number of benzene rings is 2. The number of halogens is 2. The number of carbonyl (C=O) groups excluding carboxylic acids is 1. The zero-order valence-corrected chi connectivity index (χ0v) is 18.2. The van der Waals surface area contributed by atoms with E-state index in [2.05, 4.69) is 4.90 Å². The zero-order valence-electron chi connectivity index (χ0n) is 16.7. The molecule has 1 saturated heterocycles. The first-order chi connectivity index (χ1) is 14.3. The highest BCUT2D eigenvalue weighted by molar-refractivity contribution is 6.31. The van der Waals surface area contributed by atoms with Crippen LogP contribution in [0, 0.1) is 0 Å². The standard InChI is InChI=1S/C22H24Cl2N2O4/c1-15-12-25(13-17-11-19(24)5-6-20(17)30-14-22(28)29)7-8-26(15)21(27)10-16-3-2-4-18(23)9-16/h2-6,9,11,15H,7-8,10,12-14H2,1H3,(H,28,29)/t15-/m0/s1. The summed E-state index contributed by atoms with van der Waals surface area (Å²) < 4.78 is 5.40. The van der Waals surface area contributed by atoms with Gasteiger partial charge in [0, 0.05) is 47.8 Å². The second kappa shape index (κ2) is 10.2. The van der Waals surface area contributed by atoms with Gasteiger partial charge in [0.2, 0.25) is 5.91 Å². The molecule has 1 N–H and O–H groups in total. The minimum atomic E-state index is -1.03. The van der Waals surface area contributed by atoms with Crippen LogP contribution >= 0.6 is 23.2 Å². The third kappa shape index (κ3) is 6.11. The summed E-state index contributed by atoms with van der Waals surface area (Å²) in [4.78, 5) is 27.7. The van der Waals surface area contributed by atoms with Gasteiger partial charge in [0.05, 0.1) is 6.42 Å². The monoisotopic (exact) mass is 450 g/mol. The quantitative estimate of drug-likeness (QED) is 0.695. The Kier molecular flexibility index (Phi) is 7.58. The van der Waals surface area contributed by atoms with Crippen LogP contribution in [0.25, 0.3) is 0 Å². The Labute approximate surface area is 185 Å². The van der Waals surface area contributed by atoms with Gasteiger partial charge in [-0.3, -0.25) is 9.69 Å². The van der Waals surface area contributed by atoms with Crippen molar-refractivity contribution in [2.24, 2.45) is 0 Å². The van der Waals surface area contributed by atoms with Gasteiger partial charge in [-0.1, -0.05) is 35.3 Å². The fraction of sp³-hybridized carbons (Fsp3) is 0.364. The highest BCUT2D eigenvalue weighted by Crippen LogP contribution is 2.26. The van der Waals surface area contributed by atoms with Crippen molar-refractivity contribution in [2.75, 3.05) is 26.2 Å². The molecule has 0 unspecified atom stereocenters. The Balaban J connectivity index is 1.61. The molecule has 0 spiro atoms. The molecule has 1 fully saturated rings. The summed E-state index contributed by atoms with van der Waals surface area (Å²) in [5.74, 6) is -0.442. The lowest BCUT2D eigenvalue weighted by molar-refractivity contribution is -0.139. The fourth-order valence-electron chi connectivity index (χ4n) is 3.66. The zero-order chi connectivity index (χ0) is 21.7. The van der Waals surface area contributed by atoms with Crippen molar-refractivity contribution >= 4 is 35.1 Å². The summed E-state index contributed by atoms with van der Waals surface area (Å²) in [6.45, 7) is 4.21. The Morgan fingerprint density at radius 3 is 2.60 bits per heavy atom. The number of amides is 1. The Hall–Kier alpha value is -2.28. The van der Waals surface area contributed by atoms with Crippen LogP contribution in [0.15, 0.2) is 42.5 Å². The number of rotatable bonds is 7. The van der Waals surface area contributed by atoms with Gasteiger partial charge < -0.3 is 14.7 Å². The maximum absolute atomic E-state index is 12.8. The van der Waals surface area contributed by atoms with Crippen LogP contribution in [0.1, 0.15) is 18.1 Å². The molecule has 30 heavy (non-hydrogen) atoms. The topological polar surface area (TPSA) is 70.1 Å². The van der Waals surface area contributed by atoms with E-state index in [0.29, 0.717) is 48.4 Å². The first-order valence-electron chi connectivity index (χ1n) is 9.71. The molecule has 0 aromatic heterocycles. The van der Waals surface area contributed by atoms with Gasteiger partial charge in [-0.05, 0) is 42.8 Å². The minimum Gasteiger partial charge on any atom is -0.482 e. The second-order valence-electron chi connectivity index (χ2n) is 7.41. The summed E-state index contributed by atoms with van der Waals surface area (Å²) in [5.41, 5.74) is 1.73. The van der Waals surface area contributed by atoms with Crippen LogP contribution in [-0.4, -0.2) is 59.1 Å². The molecule has 0 aliphatic carbocycles. The van der Waals surface area contributed by atoms with Gasteiger partial charge in [0.1, 0.15) is 5.75 Å². The molecule has 3 rings (SSSR count). The summed E-state index contributed by atoms with van der Waals surface area (Å²) in [5, 5.41) is 10.1. The smallest absolute Gasteiger partial charge is 0.341 e. The van der Waals surface area contributed by atoms with Gasteiger partial charge in [-0.15, -0.1) is 0 Å². The van der Waals surface area contributed by atoms with Crippen LogP contribution in [-0.2, 0) is 22.6 Å². The van der Waals surface area contributed by atoms with Gasteiger partial charge in [0.15, 0.2) is 6.61 Å². The third-order valence-electron chi connectivity index (χ3n) is 5.04. The van der Waals surface area contributed by atoms with Crippen LogP contribution in [0.3, 0.4) is 0 Å². The molecule has 0 radical (unpaired) electrons. The Morgan fingerprint density at radius 1 is 1.13 bits per heavy atom.